The molecule has 7 heteroatoms. The molecule has 0 radical (unpaired) electrons. The van der Waals surface area contributed by atoms with Crippen LogP contribution in [0.5, 0.6) is 5.75 Å². The van der Waals surface area contributed by atoms with Crippen LogP contribution in [-0.2, 0) is 9.59 Å². The van der Waals surface area contributed by atoms with E-state index in [0.29, 0.717) is 11.3 Å². The standard InChI is InChI=1S/C19H15ClN2O3S/c1-10-5-11(2)7-13(6-10)22-18(25)14(17(24)21-19(22)26)8-12-3-4-16(23)15(20)9-12/h3-9,23H,1-2H3,(H,21,24,26)/b14-8+. The summed E-state index contributed by atoms with van der Waals surface area (Å²) in [6.07, 6.45) is 1.42. The Kier molecular flexibility index (Phi) is 4.80. The van der Waals surface area contributed by atoms with Gasteiger partial charge >= 0.3 is 0 Å². The van der Waals surface area contributed by atoms with E-state index in [1.54, 1.807) is 6.07 Å². The van der Waals surface area contributed by atoms with Crippen LogP contribution in [0.15, 0.2) is 42.0 Å². The van der Waals surface area contributed by atoms with Gasteiger partial charge in [0, 0.05) is 0 Å². The molecule has 3 rings (SSSR count). The molecule has 2 N–H and O–H groups in total. The molecule has 2 amide bonds. The number of carbonyl (C=O) groups excluding carboxylic acids is 2. The highest BCUT2D eigenvalue weighted by atomic mass is 35.5. The van der Waals surface area contributed by atoms with Crippen molar-refractivity contribution in [3.63, 3.8) is 0 Å². The molecule has 1 saturated heterocycles. The van der Waals surface area contributed by atoms with Gasteiger partial charge in [0.2, 0.25) is 0 Å². The minimum atomic E-state index is -0.579. The molecule has 0 atom stereocenters. The summed E-state index contributed by atoms with van der Waals surface area (Å²) in [5.41, 5.74) is 2.98. The summed E-state index contributed by atoms with van der Waals surface area (Å²) in [4.78, 5) is 26.5. The Morgan fingerprint density at radius 1 is 1.12 bits per heavy atom. The fourth-order valence-electron chi connectivity index (χ4n) is 2.75. The predicted molar refractivity (Wildman–Crippen MR) is 105 cm³/mol. The van der Waals surface area contributed by atoms with Crippen molar-refractivity contribution in [3.8, 4) is 5.75 Å². The molecule has 2 aromatic rings. The van der Waals surface area contributed by atoms with Crippen molar-refractivity contribution >= 4 is 52.5 Å². The lowest BCUT2D eigenvalue weighted by Crippen LogP contribution is -2.54. The third-order valence-electron chi connectivity index (χ3n) is 3.85. The number of amides is 2. The first-order chi connectivity index (χ1) is 12.3. The fraction of sp³-hybridized carbons (Fsp3) is 0.105. The molecule has 0 saturated carbocycles. The summed E-state index contributed by atoms with van der Waals surface area (Å²) >= 11 is 11.1. The number of aromatic hydroxyl groups is 1. The minimum absolute atomic E-state index is 0.0332. The van der Waals surface area contributed by atoms with Gasteiger partial charge in [-0.2, -0.15) is 0 Å². The second-order valence-electron chi connectivity index (χ2n) is 6.01. The number of hydrogen-bond acceptors (Lipinski definition) is 4. The molecule has 1 aliphatic rings. The first-order valence-corrected chi connectivity index (χ1v) is 8.53. The van der Waals surface area contributed by atoms with Gasteiger partial charge in [-0.1, -0.05) is 23.7 Å². The van der Waals surface area contributed by atoms with Crippen LogP contribution in [-0.4, -0.2) is 22.0 Å². The first kappa shape index (κ1) is 18.1. The Morgan fingerprint density at radius 2 is 1.77 bits per heavy atom. The van der Waals surface area contributed by atoms with Gasteiger partial charge in [-0.05, 0) is 73.1 Å². The number of rotatable bonds is 2. The summed E-state index contributed by atoms with van der Waals surface area (Å²) < 4.78 is 0. The van der Waals surface area contributed by atoms with Crippen LogP contribution in [0, 0.1) is 13.8 Å². The van der Waals surface area contributed by atoms with Gasteiger partial charge < -0.3 is 5.11 Å². The van der Waals surface area contributed by atoms with E-state index in [1.807, 2.05) is 32.0 Å². The SMILES string of the molecule is Cc1cc(C)cc(N2C(=O)/C(=C/c3ccc(O)c(Cl)c3)C(=O)NC2=S)c1. The number of hydrogen-bond donors (Lipinski definition) is 2. The molecular formula is C19H15ClN2O3S. The van der Waals surface area contributed by atoms with Gasteiger partial charge in [-0.15, -0.1) is 0 Å². The van der Waals surface area contributed by atoms with E-state index in [-0.39, 0.29) is 21.5 Å². The highest BCUT2D eigenvalue weighted by Crippen LogP contribution is 2.27. The van der Waals surface area contributed by atoms with Gasteiger partial charge in [0.25, 0.3) is 11.8 Å². The fourth-order valence-corrected chi connectivity index (χ4v) is 3.22. The van der Waals surface area contributed by atoms with Crippen LogP contribution in [0.2, 0.25) is 5.02 Å². The average Bonchev–Trinajstić information content (AvgIpc) is 2.53. The van der Waals surface area contributed by atoms with Gasteiger partial charge in [0.05, 0.1) is 10.7 Å². The summed E-state index contributed by atoms with van der Waals surface area (Å²) in [7, 11) is 0. The normalized spacial score (nSPS) is 16.2. The van der Waals surface area contributed by atoms with Crippen LogP contribution in [0.3, 0.4) is 0 Å². The predicted octanol–water partition coefficient (Wildman–Crippen LogP) is 3.49. The number of aryl methyl sites for hydroxylation is 2. The third-order valence-corrected chi connectivity index (χ3v) is 4.44. The maximum absolute atomic E-state index is 13.0. The monoisotopic (exact) mass is 386 g/mol. The number of nitrogens with zero attached hydrogens (tertiary/aromatic N) is 1. The molecule has 0 bridgehead atoms. The lowest BCUT2D eigenvalue weighted by Gasteiger charge is -2.29. The number of halogens is 1. The number of phenols is 1. The third kappa shape index (κ3) is 3.47. The average molecular weight is 387 g/mol. The molecule has 1 aliphatic heterocycles. The number of nitrogens with one attached hydrogen (secondary N) is 1. The van der Waals surface area contributed by atoms with Gasteiger partial charge in [0.15, 0.2) is 5.11 Å². The molecule has 0 unspecified atom stereocenters. The summed E-state index contributed by atoms with van der Waals surface area (Å²) in [6.45, 7) is 3.84. The summed E-state index contributed by atoms with van der Waals surface area (Å²) in [5.74, 6) is -1.18. The van der Waals surface area contributed by atoms with Crippen LogP contribution in [0.25, 0.3) is 6.08 Å². The molecule has 2 aromatic carbocycles. The van der Waals surface area contributed by atoms with Crippen molar-refractivity contribution in [3.05, 3.63) is 63.7 Å². The molecular weight excluding hydrogens is 372 g/mol. The molecule has 0 aromatic heterocycles. The molecule has 132 valence electrons. The van der Waals surface area contributed by atoms with Crippen molar-refractivity contribution in [1.82, 2.24) is 5.32 Å². The van der Waals surface area contributed by atoms with Gasteiger partial charge in [-0.25, -0.2) is 0 Å². The maximum atomic E-state index is 13.0. The number of thiocarbonyl (C=S) groups is 1. The van der Waals surface area contributed by atoms with Crippen LogP contribution >= 0.6 is 23.8 Å². The zero-order valence-corrected chi connectivity index (χ0v) is 15.6. The van der Waals surface area contributed by atoms with Crippen molar-refractivity contribution in [1.29, 1.82) is 0 Å². The maximum Gasteiger partial charge on any atom is 0.270 e. The Balaban J connectivity index is 2.05. The lowest BCUT2D eigenvalue weighted by atomic mass is 10.1. The minimum Gasteiger partial charge on any atom is -0.506 e. The topological polar surface area (TPSA) is 69.6 Å². The van der Waals surface area contributed by atoms with E-state index in [4.69, 9.17) is 23.8 Å². The van der Waals surface area contributed by atoms with Crippen LogP contribution < -0.4 is 10.2 Å². The van der Waals surface area contributed by atoms with Crippen molar-refractivity contribution in [2.75, 3.05) is 4.90 Å². The smallest absolute Gasteiger partial charge is 0.270 e. The zero-order valence-electron chi connectivity index (χ0n) is 14.0. The summed E-state index contributed by atoms with van der Waals surface area (Å²) in [6, 6.07) is 10.1. The van der Waals surface area contributed by atoms with E-state index >= 15 is 0 Å². The van der Waals surface area contributed by atoms with Gasteiger partial charge in [-0.3, -0.25) is 19.8 Å². The van der Waals surface area contributed by atoms with Crippen molar-refractivity contribution in [2.45, 2.75) is 13.8 Å². The number of anilines is 1. The molecule has 5 nitrogen and oxygen atoms in total. The van der Waals surface area contributed by atoms with E-state index < -0.39 is 11.8 Å². The lowest BCUT2D eigenvalue weighted by molar-refractivity contribution is -0.122. The molecule has 1 heterocycles. The van der Waals surface area contributed by atoms with Crippen LogP contribution in [0.1, 0.15) is 16.7 Å². The second kappa shape index (κ2) is 6.90. The number of benzene rings is 2. The van der Waals surface area contributed by atoms with E-state index in [0.717, 1.165) is 11.1 Å². The Hall–Kier alpha value is -2.70. The van der Waals surface area contributed by atoms with E-state index in [2.05, 4.69) is 5.32 Å². The van der Waals surface area contributed by atoms with E-state index in [9.17, 15) is 14.7 Å². The quantitative estimate of drug-likeness (QED) is 0.471. The van der Waals surface area contributed by atoms with E-state index in [1.165, 1.54) is 23.1 Å². The Labute approximate surface area is 160 Å². The zero-order chi connectivity index (χ0) is 19.0. The van der Waals surface area contributed by atoms with Crippen molar-refractivity contribution < 1.29 is 14.7 Å². The number of carbonyl (C=O) groups is 2. The Morgan fingerprint density at radius 3 is 2.38 bits per heavy atom. The van der Waals surface area contributed by atoms with Crippen LogP contribution in [0.4, 0.5) is 5.69 Å². The Bertz CT molecular complexity index is 964. The van der Waals surface area contributed by atoms with Crippen molar-refractivity contribution in [2.24, 2.45) is 0 Å². The highest BCUT2D eigenvalue weighted by Gasteiger charge is 2.34. The molecule has 0 aliphatic carbocycles. The number of phenolic OH excluding ortho intramolecular Hbond substituents is 1. The van der Waals surface area contributed by atoms with Gasteiger partial charge in [0.1, 0.15) is 11.3 Å². The largest absolute Gasteiger partial charge is 0.506 e. The molecule has 26 heavy (non-hydrogen) atoms. The summed E-state index contributed by atoms with van der Waals surface area (Å²) in [5, 5.41) is 12.2. The first-order valence-electron chi connectivity index (χ1n) is 7.74. The highest BCUT2D eigenvalue weighted by molar-refractivity contribution is 7.80. The second-order valence-corrected chi connectivity index (χ2v) is 6.81. The molecule has 1 fully saturated rings. The molecule has 0 spiro atoms.